The van der Waals surface area contributed by atoms with Crippen molar-refractivity contribution in [2.24, 2.45) is 0 Å². The van der Waals surface area contributed by atoms with Crippen LogP contribution >= 0.6 is 27.7 Å². The number of hydrogen-bond acceptors (Lipinski definition) is 5. The van der Waals surface area contributed by atoms with E-state index in [2.05, 4.69) is 15.9 Å². The standard InChI is InChI=1S/C16H15BrN2O4S/c17-11-7-10(3-4-12(11)20)8-13-15(22)19(16(23)24-13)9-14(21)18-5-1-2-6-18/h3-4,7-8,20H,1-2,5-6,9H2. The Balaban J connectivity index is 1.74. The third-order valence-electron chi connectivity index (χ3n) is 3.90. The van der Waals surface area contributed by atoms with Gasteiger partial charge in [-0.15, -0.1) is 0 Å². The number of phenols is 1. The molecule has 0 bridgehead atoms. The van der Waals surface area contributed by atoms with Crippen LogP contribution in [0, 0.1) is 0 Å². The lowest BCUT2D eigenvalue weighted by Crippen LogP contribution is -2.40. The van der Waals surface area contributed by atoms with Crippen LogP contribution in [0.5, 0.6) is 5.75 Å². The molecule has 2 saturated heterocycles. The number of thioether (sulfide) groups is 1. The smallest absolute Gasteiger partial charge is 0.294 e. The molecule has 0 aromatic heterocycles. The average molecular weight is 411 g/mol. The fourth-order valence-electron chi connectivity index (χ4n) is 2.60. The Labute approximate surface area is 151 Å². The van der Waals surface area contributed by atoms with Crippen molar-refractivity contribution in [2.45, 2.75) is 12.8 Å². The number of rotatable bonds is 3. The van der Waals surface area contributed by atoms with Crippen LogP contribution in [0.25, 0.3) is 6.08 Å². The van der Waals surface area contributed by atoms with Gasteiger partial charge in [0.25, 0.3) is 11.1 Å². The van der Waals surface area contributed by atoms with Crippen LogP contribution < -0.4 is 0 Å². The lowest BCUT2D eigenvalue weighted by Gasteiger charge is -2.18. The van der Waals surface area contributed by atoms with Crippen LogP contribution in [0.15, 0.2) is 27.6 Å². The molecule has 1 aromatic carbocycles. The molecule has 24 heavy (non-hydrogen) atoms. The van der Waals surface area contributed by atoms with Gasteiger partial charge in [0.2, 0.25) is 5.91 Å². The molecule has 2 aliphatic heterocycles. The van der Waals surface area contributed by atoms with E-state index in [0.29, 0.717) is 23.1 Å². The largest absolute Gasteiger partial charge is 0.507 e. The molecule has 2 fully saturated rings. The van der Waals surface area contributed by atoms with Gasteiger partial charge in [-0.1, -0.05) is 6.07 Å². The summed E-state index contributed by atoms with van der Waals surface area (Å²) in [7, 11) is 0. The predicted molar refractivity (Wildman–Crippen MR) is 94.3 cm³/mol. The summed E-state index contributed by atoms with van der Waals surface area (Å²) in [6.45, 7) is 1.17. The average Bonchev–Trinajstić information content (AvgIpc) is 3.16. The topological polar surface area (TPSA) is 77.9 Å². The normalized spacial score (nSPS) is 19.6. The Kier molecular flexibility index (Phi) is 4.96. The quantitative estimate of drug-likeness (QED) is 0.775. The lowest BCUT2D eigenvalue weighted by molar-refractivity contribution is -0.135. The number of amides is 3. The molecular formula is C16H15BrN2O4S. The molecule has 0 saturated carbocycles. The summed E-state index contributed by atoms with van der Waals surface area (Å²) >= 11 is 4.03. The van der Waals surface area contributed by atoms with Crippen molar-refractivity contribution in [2.75, 3.05) is 19.6 Å². The van der Waals surface area contributed by atoms with Gasteiger partial charge in [0, 0.05) is 13.1 Å². The van der Waals surface area contributed by atoms with Gasteiger partial charge in [-0.3, -0.25) is 19.3 Å². The maximum atomic E-state index is 12.4. The number of aromatic hydroxyl groups is 1. The minimum Gasteiger partial charge on any atom is -0.507 e. The van der Waals surface area contributed by atoms with Crippen LogP contribution in [0.3, 0.4) is 0 Å². The number of halogens is 1. The van der Waals surface area contributed by atoms with Gasteiger partial charge in [-0.2, -0.15) is 0 Å². The number of hydrogen-bond donors (Lipinski definition) is 1. The molecule has 1 N–H and O–H groups in total. The Morgan fingerprint density at radius 2 is 2.00 bits per heavy atom. The van der Waals surface area contributed by atoms with Crippen molar-refractivity contribution < 1.29 is 19.5 Å². The summed E-state index contributed by atoms with van der Waals surface area (Å²) in [6.07, 6.45) is 3.50. The van der Waals surface area contributed by atoms with E-state index in [4.69, 9.17) is 0 Å². The minimum atomic E-state index is -0.457. The Morgan fingerprint density at radius 1 is 1.29 bits per heavy atom. The molecule has 8 heteroatoms. The predicted octanol–water partition coefficient (Wildman–Crippen LogP) is 2.81. The highest BCUT2D eigenvalue weighted by Gasteiger charge is 2.37. The highest BCUT2D eigenvalue weighted by atomic mass is 79.9. The molecule has 3 amide bonds. The summed E-state index contributed by atoms with van der Waals surface area (Å²) < 4.78 is 0.500. The zero-order chi connectivity index (χ0) is 17.3. The number of phenolic OH excluding ortho intramolecular Hbond substituents is 1. The number of benzene rings is 1. The fourth-order valence-corrected chi connectivity index (χ4v) is 3.84. The van der Waals surface area contributed by atoms with E-state index in [1.165, 1.54) is 6.07 Å². The van der Waals surface area contributed by atoms with E-state index in [1.54, 1.807) is 23.1 Å². The van der Waals surface area contributed by atoms with Crippen molar-refractivity contribution in [3.8, 4) is 5.75 Å². The van der Waals surface area contributed by atoms with Crippen molar-refractivity contribution in [3.63, 3.8) is 0 Å². The van der Waals surface area contributed by atoms with Crippen LogP contribution in [-0.4, -0.2) is 51.6 Å². The highest BCUT2D eigenvalue weighted by molar-refractivity contribution is 9.10. The molecule has 126 valence electrons. The zero-order valence-corrected chi connectivity index (χ0v) is 15.1. The van der Waals surface area contributed by atoms with Gasteiger partial charge in [0.1, 0.15) is 12.3 Å². The molecule has 2 heterocycles. The summed E-state index contributed by atoms with van der Waals surface area (Å²) in [5.41, 5.74) is 0.677. The van der Waals surface area contributed by atoms with Crippen molar-refractivity contribution >= 4 is 50.8 Å². The first kappa shape index (κ1) is 17.0. The van der Waals surface area contributed by atoms with Gasteiger partial charge >= 0.3 is 0 Å². The van der Waals surface area contributed by atoms with Crippen LogP contribution in [-0.2, 0) is 9.59 Å². The second kappa shape index (κ2) is 6.98. The maximum absolute atomic E-state index is 12.4. The summed E-state index contributed by atoms with van der Waals surface area (Å²) in [6, 6.07) is 4.79. The molecule has 2 aliphatic rings. The molecule has 0 radical (unpaired) electrons. The van der Waals surface area contributed by atoms with E-state index in [-0.39, 0.29) is 23.1 Å². The van der Waals surface area contributed by atoms with Gasteiger partial charge in [-0.25, -0.2) is 0 Å². The van der Waals surface area contributed by atoms with Gasteiger partial charge in [0.15, 0.2) is 0 Å². The van der Waals surface area contributed by atoms with E-state index in [0.717, 1.165) is 29.5 Å². The summed E-state index contributed by atoms with van der Waals surface area (Å²) in [4.78, 5) is 39.6. The number of likely N-dealkylation sites (tertiary alicyclic amines) is 1. The van der Waals surface area contributed by atoms with Crippen LogP contribution in [0.1, 0.15) is 18.4 Å². The Morgan fingerprint density at radius 3 is 2.67 bits per heavy atom. The second-order valence-electron chi connectivity index (χ2n) is 5.57. The van der Waals surface area contributed by atoms with Crippen molar-refractivity contribution in [1.29, 1.82) is 0 Å². The van der Waals surface area contributed by atoms with Gasteiger partial charge in [-0.05, 0) is 64.3 Å². The second-order valence-corrected chi connectivity index (χ2v) is 7.41. The number of carbonyl (C=O) groups excluding carboxylic acids is 3. The third-order valence-corrected chi connectivity index (χ3v) is 5.44. The molecule has 0 unspecified atom stereocenters. The van der Waals surface area contributed by atoms with E-state index < -0.39 is 11.1 Å². The minimum absolute atomic E-state index is 0.0939. The van der Waals surface area contributed by atoms with Crippen molar-refractivity contribution in [1.82, 2.24) is 9.80 Å². The lowest BCUT2D eigenvalue weighted by atomic mass is 10.2. The maximum Gasteiger partial charge on any atom is 0.294 e. The van der Waals surface area contributed by atoms with Crippen LogP contribution in [0.4, 0.5) is 4.79 Å². The highest BCUT2D eigenvalue weighted by Crippen LogP contribution is 2.33. The fraction of sp³-hybridized carbons (Fsp3) is 0.312. The number of imide groups is 1. The molecule has 0 aliphatic carbocycles. The van der Waals surface area contributed by atoms with Gasteiger partial charge < -0.3 is 10.0 Å². The monoisotopic (exact) mass is 410 g/mol. The first-order valence-corrected chi connectivity index (χ1v) is 9.08. The SMILES string of the molecule is O=C(CN1C(=O)SC(=Cc2ccc(O)c(Br)c2)C1=O)N1CCCC1. The van der Waals surface area contributed by atoms with Crippen LogP contribution in [0.2, 0.25) is 0 Å². The zero-order valence-electron chi connectivity index (χ0n) is 12.7. The first-order valence-electron chi connectivity index (χ1n) is 7.47. The molecular weight excluding hydrogens is 396 g/mol. The third kappa shape index (κ3) is 3.49. The number of carbonyl (C=O) groups is 3. The van der Waals surface area contributed by atoms with E-state index in [1.807, 2.05) is 0 Å². The van der Waals surface area contributed by atoms with E-state index >= 15 is 0 Å². The molecule has 0 spiro atoms. The first-order chi connectivity index (χ1) is 11.5. The van der Waals surface area contributed by atoms with E-state index in [9.17, 15) is 19.5 Å². The number of nitrogens with zero attached hydrogens (tertiary/aromatic N) is 2. The molecule has 3 rings (SSSR count). The summed E-state index contributed by atoms with van der Waals surface area (Å²) in [5, 5.41) is 9.07. The molecule has 1 aromatic rings. The van der Waals surface area contributed by atoms with Gasteiger partial charge in [0.05, 0.1) is 9.38 Å². The summed E-state index contributed by atoms with van der Waals surface area (Å²) in [5.74, 6) is -0.554. The Bertz CT molecular complexity index is 744. The molecule has 6 nitrogen and oxygen atoms in total. The Hall–Kier alpha value is -1.80. The van der Waals surface area contributed by atoms with Crippen molar-refractivity contribution in [3.05, 3.63) is 33.1 Å². The molecule has 0 atom stereocenters.